The van der Waals surface area contributed by atoms with E-state index in [2.05, 4.69) is 30.5 Å². The second-order valence-corrected chi connectivity index (χ2v) is 10.7. The van der Waals surface area contributed by atoms with Crippen LogP contribution < -0.4 is 4.72 Å². The molecule has 3 aromatic rings. The molecular weight excluding hydrogens is 391 g/mol. The van der Waals surface area contributed by atoms with Gasteiger partial charge in [0.05, 0.1) is 11.4 Å². The van der Waals surface area contributed by atoms with Crippen molar-refractivity contribution in [2.45, 2.75) is 37.3 Å². The number of benzene rings is 1. The normalized spacial score (nSPS) is 12.3. The summed E-state index contributed by atoms with van der Waals surface area (Å²) in [6, 6.07) is 5.88. The molecule has 0 aliphatic heterocycles. The number of thiazole rings is 1. The monoisotopic (exact) mass is 410 g/mol. The van der Waals surface area contributed by atoms with Crippen LogP contribution in [0.3, 0.4) is 0 Å². The highest BCUT2D eigenvalue weighted by Crippen LogP contribution is 2.34. The van der Waals surface area contributed by atoms with Gasteiger partial charge in [0.1, 0.15) is 15.0 Å². The molecule has 0 saturated heterocycles. The molecule has 0 atom stereocenters. The molecule has 1 N–H and O–H groups in total. The number of halogens is 1. The van der Waals surface area contributed by atoms with Crippen LogP contribution in [-0.4, -0.2) is 13.4 Å². The lowest BCUT2D eigenvalue weighted by molar-refractivity contribution is 0.573. The quantitative estimate of drug-likeness (QED) is 0.625. The molecule has 2 heterocycles. The fourth-order valence-electron chi connectivity index (χ4n) is 2.23. The summed E-state index contributed by atoms with van der Waals surface area (Å²) in [7, 11) is -3.86. The summed E-state index contributed by atoms with van der Waals surface area (Å²) in [6.45, 7) is 8.01. The highest BCUT2D eigenvalue weighted by molar-refractivity contribution is 7.94. The van der Waals surface area contributed by atoms with Gasteiger partial charge in [-0.15, -0.1) is 22.7 Å². The summed E-state index contributed by atoms with van der Waals surface area (Å²) < 4.78 is 41.5. The van der Waals surface area contributed by atoms with Crippen molar-refractivity contribution in [3.63, 3.8) is 0 Å². The number of rotatable bonds is 4. The Morgan fingerprint density at radius 3 is 2.50 bits per heavy atom. The van der Waals surface area contributed by atoms with E-state index in [4.69, 9.17) is 0 Å². The third-order valence-corrected chi connectivity index (χ3v) is 7.42. The van der Waals surface area contributed by atoms with Gasteiger partial charge in [-0.25, -0.2) is 17.8 Å². The second-order valence-electron chi connectivity index (χ2n) is 7.03. The van der Waals surface area contributed by atoms with Crippen molar-refractivity contribution in [1.29, 1.82) is 0 Å². The number of aromatic nitrogens is 1. The van der Waals surface area contributed by atoms with Crippen LogP contribution in [0.5, 0.6) is 0 Å². The number of anilines is 1. The fraction of sp³-hybridized carbons (Fsp3) is 0.278. The van der Waals surface area contributed by atoms with Gasteiger partial charge < -0.3 is 0 Å². The van der Waals surface area contributed by atoms with E-state index in [1.54, 1.807) is 24.4 Å². The average molecular weight is 411 g/mol. The Kier molecular flexibility index (Phi) is 4.94. The molecule has 0 unspecified atom stereocenters. The lowest BCUT2D eigenvalue weighted by Crippen LogP contribution is -2.12. The van der Waals surface area contributed by atoms with E-state index in [9.17, 15) is 12.8 Å². The second kappa shape index (κ2) is 6.75. The standard InChI is InChI=1S/C18H19FN2O2S3/c1-11-5-6-13(19)14(7-11)21-26(22,23)16-8-12(9-24-16)17-20-15(10-25-17)18(2,3)4/h5-10,21H,1-4H3. The third-order valence-electron chi connectivity index (χ3n) is 3.73. The number of nitrogens with one attached hydrogen (secondary N) is 1. The number of nitrogens with zero attached hydrogens (tertiary/aromatic N) is 1. The van der Waals surface area contributed by atoms with E-state index in [-0.39, 0.29) is 15.3 Å². The minimum Gasteiger partial charge on any atom is -0.276 e. The van der Waals surface area contributed by atoms with Crippen molar-refractivity contribution in [3.8, 4) is 10.6 Å². The number of thiophene rings is 1. The van der Waals surface area contributed by atoms with Crippen molar-refractivity contribution in [1.82, 2.24) is 4.98 Å². The topological polar surface area (TPSA) is 59.1 Å². The van der Waals surface area contributed by atoms with Crippen molar-refractivity contribution < 1.29 is 12.8 Å². The molecular formula is C18H19FN2O2S3. The number of hydrogen-bond acceptors (Lipinski definition) is 5. The molecule has 0 radical (unpaired) electrons. The van der Waals surface area contributed by atoms with Gasteiger partial charge in [0, 0.05) is 21.7 Å². The zero-order valence-corrected chi connectivity index (χ0v) is 17.3. The molecule has 26 heavy (non-hydrogen) atoms. The van der Waals surface area contributed by atoms with Gasteiger partial charge in [-0.05, 0) is 30.7 Å². The van der Waals surface area contributed by atoms with Crippen LogP contribution >= 0.6 is 22.7 Å². The molecule has 0 bridgehead atoms. The molecule has 8 heteroatoms. The minimum absolute atomic E-state index is 0.0517. The van der Waals surface area contributed by atoms with Crippen molar-refractivity contribution >= 4 is 38.4 Å². The first-order valence-electron chi connectivity index (χ1n) is 7.90. The Morgan fingerprint density at radius 1 is 1.12 bits per heavy atom. The van der Waals surface area contributed by atoms with E-state index in [1.165, 1.54) is 23.5 Å². The van der Waals surface area contributed by atoms with Crippen molar-refractivity contribution in [3.05, 3.63) is 52.1 Å². The molecule has 0 aliphatic rings. The van der Waals surface area contributed by atoms with Gasteiger partial charge in [0.25, 0.3) is 10.0 Å². The maximum atomic E-state index is 13.9. The van der Waals surface area contributed by atoms with Gasteiger partial charge in [0.2, 0.25) is 0 Å². The average Bonchev–Trinajstić information content (AvgIpc) is 3.18. The molecule has 0 saturated carbocycles. The minimum atomic E-state index is -3.86. The summed E-state index contributed by atoms with van der Waals surface area (Å²) in [6.07, 6.45) is 0. The summed E-state index contributed by atoms with van der Waals surface area (Å²) in [5.41, 5.74) is 2.37. The first-order valence-corrected chi connectivity index (χ1v) is 11.1. The van der Waals surface area contributed by atoms with Crippen LogP contribution in [0.2, 0.25) is 0 Å². The molecule has 0 amide bonds. The predicted octanol–water partition coefficient (Wildman–Crippen LogP) is 5.42. The van der Waals surface area contributed by atoms with E-state index in [0.29, 0.717) is 0 Å². The zero-order valence-electron chi connectivity index (χ0n) is 14.8. The van der Waals surface area contributed by atoms with Crippen LogP contribution in [0.4, 0.5) is 10.1 Å². The summed E-state index contributed by atoms with van der Waals surface area (Å²) >= 11 is 2.57. The molecule has 4 nitrogen and oxygen atoms in total. The van der Waals surface area contributed by atoms with Crippen molar-refractivity contribution in [2.24, 2.45) is 0 Å². The number of sulfonamides is 1. The maximum Gasteiger partial charge on any atom is 0.271 e. The van der Waals surface area contributed by atoms with Gasteiger partial charge in [-0.3, -0.25) is 4.72 Å². The summed E-state index contributed by atoms with van der Waals surface area (Å²) in [5.74, 6) is -0.606. The Balaban J connectivity index is 1.89. The third kappa shape index (κ3) is 3.97. The summed E-state index contributed by atoms with van der Waals surface area (Å²) in [5, 5.41) is 4.52. The van der Waals surface area contributed by atoms with E-state index in [0.717, 1.165) is 33.2 Å². The van der Waals surface area contributed by atoms with E-state index in [1.807, 2.05) is 5.38 Å². The number of hydrogen-bond donors (Lipinski definition) is 1. The van der Waals surface area contributed by atoms with Crippen molar-refractivity contribution in [2.75, 3.05) is 4.72 Å². The SMILES string of the molecule is Cc1ccc(F)c(NS(=O)(=O)c2cc(-c3nc(C(C)(C)C)cs3)cs2)c1. The molecule has 0 fully saturated rings. The molecule has 2 aromatic heterocycles. The molecule has 0 aliphatic carbocycles. The zero-order chi connectivity index (χ0) is 19.1. The first kappa shape index (κ1) is 19.0. The van der Waals surface area contributed by atoms with Crippen LogP contribution in [-0.2, 0) is 15.4 Å². The number of aryl methyl sites for hydroxylation is 1. The first-order chi connectivity index (χ1) is 12.1. The fourth-order valence-corrected chi connectivity index (χ4v) is 5.56. The van der Waals surface area contributed by atoms with E-state index < -0.39 is 15.8 Å². The molecule has 138 valence electrons. The highest BCUT2D eigenvalue weighted by Gasteiger charge is 2.22. The Hall–Kier alpha value is -1.77. The Morgan fingerprint density at radius 2 is 1.85 bits per heavy atom. The van der Waals surface area contributed by atoms with Crippen LogP contribution in [0.1, 0.15) is 32.0 Å². The molecule has 0 spiro atoms. The molecule has 1 aromatic carbocycles. The predicted molar refractivity (Wildman–Crippen MR) is 106 cm³/mol. The van der Waals surface area contributed by atoms with Crippen LogP contribution in [0.15, 0.2) is 39.2 Å². The lowest BCUT2D eigenvalue weighted by Gasteiger charge is -2.14. The smallest absolute Gasteiger partial charge is 0.271 e. The largest absolute Gasteiger partial charge is 0.276 e. The highest BCUT2D eigenvalue weighted by atomic mass is 32.2. The van der Waals surface area contributed by atoms with Crippen LogP contribution in [0.25, 0.3) is 10.6 Å². The maximum absolute atomic E-state index is 13.9. The van der Waals surface area contributed by atoms with Gasteiger partial charge in [-0.2, -0.15) is 0 Å². The van der Waals surface area contributed by atoms with Gasteiger partial charge in [0.15, 0.2) is 0 Å². The van der Waals surface area contributed by atoms with Gasteiger partial charge in [-0.1, -0.05) is 26.8 Å². The van der Waals surface area contributed by atoms with Gasteiger partial charge >= 0.3 is 0 Å². The Labute approximate surface area is 160 Å². The lowest BCUT2D eigenvalue weighted by atomic mass is 9.93. The Bertz CT molecular complexity index is 1050. The molecule has 3 rings (SSSR count). The van der Waals surface area contributed by atoms with E-state index >= 15 is 0 Å². The summed E-state index contributed by atoms with van der Waals surface area (Å²) in [4.78, 5) is 4.61. The van der Waals surface area contributed by atoms with Crippen LogP contribution in [0, 0.1) is 12.7 Å².